The van der Waals surface area contributed by atoms with Gasteiger partial charge in [-0.05, 0) is 63.4 Å². The van der Waals surface area contributed by atoms with Crippen molar-refractivity contribution in [3.63, 3.8) is 0 Å². The Kier molecular flexibility index (Phi) is 4.46. The van der Waals surface area contributed by atoms with E-state index in [1.54, 1.807) is 0 Å². The minimum atomic E-state index is 0.546. The molecule has 3 heteroatoms. The predicted molar refractivity (Wildman–Crippen MR) is 77.6 cm³/mol. The van der Waals surface area contributed by atoms with Gasteiger partial charge >= 0.3 is 0 Å². The topological polar surface area (TPSA) is 24.1 Å². The molecule has 1 aliphatic rings. The van der Waals surface area contributed by atoms with E-state index in [1.165, 1.54) is 24.1 Å². The Hall–Kier alpha value is -0.540. The molecule has 17 heavy (non-hydrogen) atoms. The van der Waals surface area contributed by atoms with Gasteiger partial charge in [0.2, 0.25) is 0 Å². The summed E-state index contributed by atoms with van der Waals surface area (Å²) < 4.78 is 1.14. The summed E-state index contributed by atoms with van der Waals surface area (Å²) in [5, 5.41) is 7.08. The van der Waals surface area contributed by atoms with Crippen LogP contribution in [-0.4, -0.2) is 19.1 Å². The third-order valence-corrected chi connectivity index (χ3v) is 4.17. The summed E-state index contributed by atoms with van der Waals surface area (Å²) in [5.74, 6) is 0.787. The molecule has 2 rings (SSSR count). The van der Waals surface area contributed by atoms with Crippen LogP contribution in [0, 0.1) is 12.8 Å². The van der Waals surface area contributed by atoms with Gasteiger partial charge in [0, 0.05) is 16.2 Å². The highest BCUT2D eigenvalue weighted by atomic mass is 79.9. The Labute approximate surface area is 112 Å². The van der Waals surface area contributed by atoms with Gasteiger partial charge in [0.1, 0.15) is 0 Å². The molecule has 1 fully saturated rings. The Morgan fingerprint density at radius 3 is 2.76 bits per heavy atom. The monoisotopic (exact) mass is 296 g/mol. The molecular weight excluding hydrogens is 276 g/mol. The first-order valence-electron chi connectivity index (χ1n) is 6.40. The second-order valence-electron chi connectivity index (χ2n) is 4.98. The summed E-state index contributed by atoms with van der Waals surface area (Å²) in [7, 11) is 0. The van der Waals surface area contributed by atoms with Crippen LogP contribution in [0.15, 0.2) is 22.7 Å². The maximum atomic E-state index is 3.66. The molecule has 0 aromatic heterocycles. The first kappa shape index (κ1) is 12.9. The largest absolute Gasteiger partial charge is 0.382 e. The summed E-state index contributed by atoms with van der Waals surface area (Å²) in [5.41, 5.74) is 2.57. The molecule has 1 unspecified atom stereocenters. The third-order valence-electron chi connectivity index (χ3n) is 3.67. The second kappa shape index (κ2) is 5.87. The van der Waals surface area contributed by atoms with Gasteiger partial charge in [-0.15, -0.1) is 0 Å². The molecule has 0 radical (unpaired) electrons. The van der Waals surface area contributed by atoms with Gasteiger partial charge in [-0.25, -0.2) is 0 Å². The standard InChI is InChI=1S/C14H21BrN2/c1-10-3-4-13(15)9-14(10)17-11(2)12-5-7-16-8-6-12/h3-4,9,11-12,16-17H,5-8H2,1-2H3. The van der Waals surface area contributed by atoms with Crippen molar-refractivity contribution in [1.29, 1.82) is 0 Å². The smallest absolute Gasteiger partial charge is 0.0383 e. The zero-order valence-electron chi connectivity index (χ0n) is 10.6. The molecule has 2 nitrogen and oxygen atoms in total. The van der Waals surface area contributed by atoms with Gasteiger partial charge in [-0.1, -0.05) is 22.0 Å². The van der Waals surface area contributed by atoms with E-state index in [9.17, 15) is 0 Å². The van der Waals surface area contributed by atoms with Crippen molar-refractivity contribution in [3.8, 4) is 0 Å². The normalized spacial score (nSPS) is 19.0. The van der Waals surface area contributed by atoms with Crippen LogP contribution in [0.2, 0.25) is 0 Å². The molecule has 1 aliphatic heterocycles. The van der Waals surface area contributed by atoms with E-state index in [2.05, 4.69) is 58.6 Å². The molecule has 0 aliphatic carbocycles. The molecule has 1 aromatic rings. The number of nitrogens with one attached hydrogen (secondary N) is 2. The zero-order chi connectivity index (χ0) is 12.3. The fourth-order valence-corrected chi connectivity index (χ4v) is 2.82. The molecule has 0 spiro atoms. The average molecular weight is 297 g/mol. The van der Waals surface area contributed by atoms with Crippen molar-refractivity contribution in [3.05, 3.63) is 28.2 Å². The molecule has 94 valence electrons. The number of hydrogen-bond acceptors (Lipinski definition) is 2. The molecular formula is C14H21BrN2. The van der Waals surface area contributed by atoms with E-state index in [1.807, 2.05) is 0 Å². The Morgan fingerprint density at radius 1 is 1.35 bits per heavy atom. The molecule has 1 aromatic carbocycles. The lowest BCUT2D eigenvalue weighted by molar-refractivity contribution is 0.343. The average Bonchev–Trinajstić information content (AvgIpc) is 2.35. The number of aryl methyl sites for hydroxylation is 1. The highest BCUT2D eigenvalue weighted by Crippen LogP contribution is 2.25. The van der Waals surface area contributed by atoms with Gasteiger partial charge in [0.15, 0.2) is 0 Å². The summed E-state index contributed by atoms with van der Waals surface area (Å²) in [4.78, 5) is 0. The number of halogens is 1. The van der Waals surface area contributed by atoms with Gasteiger partial charge < -0.3 is 10.6 Å². The summed E-state index contributed by atoms with van der Waals surface area (Å²) in [6, 6.07) is 6.97. The van der Waals surface area contributed by atoms with Crippen LogP contribution in [0.25, 0.3) is 0 Å². The number of hydrogen-bond donors (Lipinski definition) is 2. The van der Waals surface area contributed by atoms with E-state index in [-0.39, 0.29) is 0 Å². The molecule has 0 saturated carbocycles. The van der Waals surface area contributed by atoms with Crippen molar-refractivity contribution < 1.29 is 0 Å². The van der Waals surface area contributed by atoms with Gasteiger partial charge in [-0.2, -0.15) is 0 Å². The molecule has 1 atom stereocenters. The zero-order valence-corrected chi connectivity index (χ0v) is 12.2. The van der Waals surface area contributed by atoms with Crippen LogP contribution in [0.5, 0.6) is 0 Å². The van der Waals surface area contributed by atoms with Crippen LogP contribution in [0.3, 0.4) is 0 Å². The van der Waals surface area contributed by atoms with Gasteiger partial charge in [-0.3, -0.25) is 0 Å². The quantitative estimate of drug-likeness (QED) is 0.891. The Balaban J connectivity index is 2.01. The van der Waals surface area contributed by atoms with E-state index in [0.29, 0.717) is 6.04 Å². The second-order valence-corrected chi connectivity index (χ2v) is 5.90. The lowest BCUT2D eigenvalue weighted by Gasteiger charge is -2.30. The van der Waals surface area contributed by atoms with Crippen molar-refractivity contribution >= 4 is 21.6 Å². The lowest BCUT2D eigenvalue weighted by Crippen LogP contribution is -2.36. The van der Waals surface area contributed by atoms with Crippen molar-refractivity contribution in [2.24, 2.45) is 5.92 Å². The van der Waals surface area contributed by atoms with Crippen molar-refractivity contribution in [1.82, 2.24) is 5.32 Å². The summed E-state index contributed by atoms with van der Waals surface area (Å²) in [6.45, 7) is 6.78. The first-order valence-corrected chi connectivity index (χ1v) is 7.19. The van der Waals surface area contributed by atoms with E-state index >= 15 is 0 Å². The van der Waals surface area contributed by atoms with Crippen molar-refractivity contribution in [2.75, 3.05) is 18.4 Å². The van der Waals surface area contributed by atoms with Crippen LogP contribution in [0.1, 0.15) is 25.3 Å². The lowest BCUT2D eigenvalue weighted by atomic mass is 9.91. The molecule has 1 heterocycles. The summed E-state index contributed by atoms with van der Waals surface area (Å²) >= 11 is 3.53. The molecule has 0 bridgehead atoms. The maximum Gasteiger partial charge on any atom is 0.0383 e. The highest BCUT2D eigenvalue weighted by molar-refractivity contribution is 9.10. The molecule has 2 N–H and O–H groups in total. The minimum absolute atomic E-state index is 0.546. The van der Waals surface area contributed by atoms with Crippen molar-refractivity contribution in [2.45, 2.75) is 32.7 Å². The van der Waals surface area contributed by atoms with E-state index < -0.39 is 0 Å². The number of rotatable bonds is 3. The van der Waals surface area contributed by atoms with Crippen LogP contribution in [-0.2, 0) is 0 Å². The van der Waals surface area contributed by atoms with E-state index in [4.69, 9.17) is 0 Å². The predicted octanol–water partition coefficient (Wildman–Crippen LogP) is 3.56. The third kappa shape index (κ3) is 3.46. The molecule has 1 saturated heterocycles. The van der Waals surface area contributed by atoms with Crippen LogP contribution >= 0.6 is 15.9 Å². The van der Waals surface area contributed by atoms with Gasteiger partial charge in [0.05, 0.1) is 0 Å². The fraction of sp³-hybridized carbons (Fsp3) is 0.571. The first-order chi connectivity index (χ1) is 8.16. The number of benzene rings is 1. The fourth-order valence-electron chi connectivity index (χ4n) is 2.46. The Morgan fingerprint density at radius 2 is 2.06 bits per heavy atom. The van der Waals surface area contributed by atoms with Gasteiger partial charge in [0.25, 0.3) is 0 Å². The maximum absolute atomic E-state index is 3.66. The highest BCUT2D eigenvalue weighted by Gasteiger charge is 2.19. The number of anilines is 1. The van der Waals surface area contributed by atoms with Crippen LogP contribution in [0.4, 0.5) is 5.69 Å². The number of piperidine rings is 1. The van der Waals surface area contributed by atoms with Crippen LogP contribution < -0.4 is 10.6 Å². The minimum Gasteiger partial charge on any atom is -0.382 e. The summed E-state index contributed by atoms with van der Waals surface area (Å²) in [6.07, 6.45) is 2.56. The Bertz CT molecular complexity index is 372. The SMILES string of the molecule is Cc1ccc(Br)cc1NC(C)C1CCNCC1. The van der Waals surface area contributed by atoms with E-state index in [0.717, 1.165) is 23.5 Å². The molecule has 0 amide bonds.